The van der Waals surface area contributed by atoms with Crippen LogP contribution in [0.1, 0.15) is 47.8 Å². The number of aliphatic hydroxyl groups excluding tert-OH is 1. The Kier molecular flexibility index (Phi) is 8.73. The molecule has 0 radical (unpaired) electrons. The molecule has 2 aliphatic rings. The maximum Gasteiger partial charge on any atom is 0.480 e. The lowest BCUT2D eigenvalue weighted by Gasteiger charge is -2.23. The molecule has 0 aromatic carbocycles. The molecule has 4 atom stereocenters. The molecule has 0 bridgehead atoms. The third kappa shape index (κ3) is 6.97. The highest BCUT2D eigenvalue weighted by atomic mass is 31.2. The van der Waals surface area contributed by atoms with Crippen LogP contribution >= 0.6 is 7.82 Å². The van der Waals surface area contributed by atoms with Gasteiger partial charge in [0.2, 0.25) is 13.6 Å². The molecule has 16 heteroatoms. The molecule has 0 aliphatic carbocycles. The topological polar surface area (TPSA) is 204 Å². The van der Waals surface area contributed by atoms with Crippen molar-refractivity contribution in [2.24, 2.45) is 10.8 Å². The molecule has 3 heterocycles. The normalized spacial score (nSPS) is 25.4. The van der Waals surface area contributed by atoms with Gasteiger partial charge >= 0.3 is 25.5 Å². The van der Waals surface area contributed by atoms with Gasteiger partial charge in [0.15, 0.2) is 6.23 Å². The number of nitrogens with one attached hydrogen (secondary N) is 2. The van der Waals surface area contributed by atoms with Gasteiger partial charge in [-0.3, -0.25) is 28.5 Å². The third-order valence-electron chi connectivity index (χ3n) is 5.74. The fraction of sp³-hybridized carbons (Fsp3) is 0.727. The maximum atomic E-state index is 13.3. The molecular formula is C22H34N3O12P. The minimum absolute atomic E-state index is 0.289. The van der Waals surface area contributed by atoms with Crippen molar-refractivity contribution in [3.05, 3.63) is 33.1 Å². The quantitative estimate of drug-likeness (QED) is 0.153. The smallest absolute Gasteiger partial charge is 0.437 e. The van der Waals surface area contributed by atoms with Crippen LogP contribution in [-0.2, 0) is 41.9 Å². The van der Waals surface area contributed by atoms with Crippen molar-refractivity contribution in [2.75, 3.05) is 26.7 Å². The fourth-order valence-electron chi connectivity index (χ4n) is 3.38. The number of carbonyl (C=O) groups is 2. The minimum Gasteiger partial charge on any atom is -0.437 e. The highest BCUT2D eigenvalue weighted by Crippen LogP contribution is 2.51. The Morgan fingerprint density at radius 3 is 2.05 bits per heavy atom. The molecule has 3 rings (SSSR count). The first kappa shape index (κ1) is 30.2. The second kappa shape index (κ2) is 11.0. The Hall–Kier alpha value is -2.39. The summed E-state index contributed by atoms with van der Waals surface area (Å²) in [6, 6.07) is 1.13. The first-order valence-electron chi connectivity index (χ1n) is 11.8. The lowest BCUT2D eigenvalue weighted by atomic mass is 9.98. The molecule has 1 aromatic rings. The molecule has 2 unspecified atom stereocenters. The van der Waals surface area contributed by atoms with Gasteiger partial charge in [0, 0.05) is 18.8 Å². The number of rotatable bonds is 10. The summed E-state index contributed by atoms with van der Waals surface area (Å²) in [5.41, 5.74) is -4.12. The molecule has 15 nitrogen and oxygen atoms in total. The van der Waals surface area contributed by atoms with E-state index in [1.165, 1.54) is 6.20 Å². The third-order valence-corrected chi connectivity index (χ3v) is 7.05. The van der Waals surface area contributed by atoms with E-state index in [2.05, 4.69) is 10.3 Å². The zero-order valence-electron chi connectivity index (χ0n) is 22.0. The Morgan fingerprint density at radius 2 is 1.61 bits per heavy atom. The summed E-state index contributed by atoms with van der Waals surface area (Å²) in [5.74, 6) is -1.29. The predicted molar refractivity (Wildman–Crippen MR) is 129 cm³/mol. The van der Waals surface area contributed by atoms with Crippen LogP contribution in [-0.4, -0.2) is 71.1 Å². The van der Waals surface area contributed by atoms with E-state index in [0.717, 1.165) is 10.6 Å². The Labute approximate surface area is 218 Å². The molecule has 1 aromatic heterocycles. The number of esters is 2. The van der Waals surface area contributed by atoms with E-state index in [9.17, 15) is 28.8 Å². The molecule has 214 valence electrons. The van der Waals surface area contributed by atoms with Crippen molar-refractivity contribution in [1.82, 2.24) is 14.9 Å². The second-order valence-electron chi connectivity index (χ2n) is 11.0. The van der Waals surface area contributed by atoms with Crippen molar-refractivity contribution in [1.29, 1.82) is 0 Å². The van der Waals surface area contributed by atoms with Gasteiger partial charge in [-0.25, -0.2) is 18.4 Å². The fourth-order valence-corrected chi connectivity index (χ4v) is 4.30. The second-order valence-corrected chi connectivity index (χ2v) is 12.7. The van der Waals surface area contributed by atoms with Gasteiger partial charge in [-0.1, -0.05) is 0 Å². The van der Waals surface area contributed by atoms with E-state index < -0.39 is 86.0 Å². The number of hydrogen-bond acceptors (Lipinski definition) is 13. The Bertz CT molecular complexity index is 1160. The number of ether oxygens (including phenoxy) is 3. The van der Waals surface area contributed by atoms with Gasteiger partial charge in [0.05, 0.1) is 17.4 Å². The number of aromatic amines is 1. The summed E-state index contributed by atoms with van der Waals surface area (Å²) < 4.78 is 45.7. The van der Waals surface area contributed by atoms with Crippen molar-refractivity contribution in [3.8, 4) is 0 Å². The lowest BCUT2D eigenvalue weighted by Crippen LogP contribution is -2.42. The van der Waals surface area contributed by atoms with E-state index in [1.807, 2.05) is 0 Å². The average Bonchev–Trinajstić information content (AvgIpc) is 3.55. The summed E-state index contributed by atoms with van der Waals surface area (Å²) in [6.45, 7) is 7.81. The van der Waals surface area contributed by atoms with Crippen molar-refractivity contribution in [2.45, 2.75) is 65.5 Å². The minimum atomic E-state index is -4.53. The number of carbonyl (C=O) groups excluding carboxylic acids is 2. The van der Waals surface area contributed by atoms with Gasteiger partial charge in [-0.05, 0) is 41.5 Å². The highest BCUT2D eigenvalue weighted by molar-refractivity contribution is 7.48. The molecule has 2 fully saturated rings. The van der Waals surface area contributed by atoms with Gasteiger partial charge in [-0.2, -0.15) is 0 Å². The van der Waals surface area contributed by atoms with Crippen LogP contribution in [0.4, 0.5) is 0 Å². The number of aromatic nitrogens is 2. The summed E-state index contributed by atoms with van der Waals surface area (Å²) in [7, 11) is -4.53. The van der Waals surface area contributed by atoms with Gasteiger partial charge in [-0.15, -0.1) is 0 Å². The Morgan fingerprint density at radius 1 is 1.08 bits per heavy atom. The van der Waals surface area contributed by atoms with Crippen LogP contribution in [0.25, 0.3) is 0 Å². The van der Waals surface area contributed by atoms with E-state index >= 15 is 0 Å². The van der Waals surface area contributed by atoms with Gasteiger partial charge in [0.25, 0.3) is 5.56 Å². The molecule has 3 N–H and O–H groups in total. The number of aliphatic hydroxyl groups is 1. The number of phosphoric acid groups is 1. The number of nitrogens with zero attached hydrogens (tertiary/aromatic N) is 1. The zero-order chi connectivity index (χ0) is 28.5. The molecule has 2 saturated heterocycles. The molecular weight excluding hydrogens is 529 g/mol. The predicted octanol–water partition coefficient (Wildman–Crippen LogP) is 0.388. The van der Waals surface area contributed by atoms with Gasteiger partial charge < -0.3 is 24.6 Å². The molecule has 0 amide bonds. The molecule has 1 spiro atoms. The van der Waals surface area contributed by atoms with Crippen LogP contribution < -0.4 is 16.6 Å². The first-order valence-corrected chi connectivity index (χ1v) is 13.2. The van der Waals surface area contributed by atoms with E-state index in [-0.39, 0.29) is 6.54 Å². The molecule has 2 aliphatic heterocycles. The first-order chi connectivity index (χ1) is 17.5. The summed E-state index contributed by atoms with van der Waals surface area (Å²) in [6.07, 6.45) is -2.13. The van der Waals surface area contributed by atoms with Crippen LogP contribution in [0.5, 0.6) is 0 Å². The summed E-state index contributed by atoms with van der Waals surface area (Å²) in [5, 5.41) is 13.8. The lowest BCUT2D eigenvalue weighted by molar-refractivity contribution is -0.163. The Balaban J connectivity index is 1.69. The summed E-state index contributed by atoms with van der Waals surface area (Å²) in [4.78, 5) is 49.9. The average molecular weight is 563 g/mol. The molecule has 0 saturated carbocycles. The SMILES string of the molecule is CC(C)(C)C(=O)OCOP(=O)(OCOC(=O)C(C)(C)C)OC[C@H]1OC(n2ccc(=O)[nH]c2=O)[C@]2(CN2)C1O. The maximum absolute atomic E-state index is 13.3. The van der Waals surface area contributed by atoms with Crippen LogP contribution in [0.3, 0.4) is 0 Å². The monoisotopic (exact) mass is 563 g/mol. The van der Waals surface area contributed by atoms with Gasteiger partial charge in [0.1, 0.15) is 17.7 Å². The zero-order valence-corrected chi connectivity index (χ0v) is 22.9. The van der Waals surface area contributed by atoms with Crippen LogP contribution in [0, 0.1) is 10.8 Å². The highest BCUT2D eigenvalue weighted by Gasteiger charge is 2.65. The standard InChI is InChI=1S/C22H34N3O12P/c1-20(2,3)17(28)32-11-35-38(31,36-12-33-18(29)21(4,5)6)34-9-13-15(27)22(10-23-22)16(37-13)25-8-7-14(26)24-19(25)30/h7-8,13,15-16,23,27H,9-12H2,1-6H3,(H,24,26,30)/t13-,15?,16?,22+/m1/s1. The van der Waals surface area contributed by atoms with E-state index in [0.29, 0.717) is 0 Å². The van der Waals surface area contributed by atoms with Crippen LogP contribution in [0.2, 0.25) is 0 Å². The van der Waals surface area contributed by atoms with Crippen molar-refractivity contribution in [3.63, 3.8) is 0 Å². The van der Waals surface area contributed by atoms with Crippen molar-refractivity contribution < 1.29 is 47.0 Å². The number of hydrogen-bond donors (Lipinski definition) is 3. The molecule has 38 heavy (non-hydrogen) atoms. The van der Waals surface area contributed by atoms with Crippen LogP contribution in [0.15, 0.2) is 21.9 Å². The summed E-state index contributed by atoms with van der Waals surface area (Å²) >= 11 is 0. The van der Waals surface area contributed by atoms with E-state index in [4.69, 9.17) is 27.8 Å². The van der Waals surface area contributed by atoms with E-state index in [1.54, 1.807) is 41.5 Å². The van der Waals surface area contributed by atoms with Crippen molar-refractivity contribution >= 4 is 19.8 Å². The number of H-pyrrole nitrogens is 1. The number of phosphoric ester groups is 1. The largest absolute Gasteiger partial charge is 0.480 e.